The van der Waals surface area contributed by atoms with Crippen molar-refractivity contribution in [2.75, 3.05) is 7.05 Å². The van der Waals surface area contributed by atoms with E-state index in [1.165, 1.54) is 6.08 Å². The van der Waals surface area contributed by atoms with E-state index in [0.717, 1.165) is 5.57 Å². The van der Waals surface area contributed by atoms with E-state index in [9.17, 15) is 4.39 Å². The van der Waals surface area contributed by atoms with Gasteiger partial charge in [-0.3, -0.25) is 4.99 Å². The predicted octanol–water partition coefficient (Wildman–Crippen LogP) is 3.32. The highest BCUT2D eigenvalue weighted by Crippen LogP contribution is 2.06. The number of amidine groups is 1. The van der Waals surface area contributed by atoms with Crippen molar-refractivity contribution in [1.29, 1.82) is 0 Å². The van der Waals surface area contributed by atoms with Crippen LogP contribution < -0.4 is 0 Å². The van der Waals surface area contributed by atoms with E-state index in [1.807, 2.05) is 19.9 Å². The van der Waals surface area contributed by atoms with Gasteiger partial charge in [-0.25, -0.2) is 9.38 Å². The topological polar surface area (TPSA) is 24.7 Å². The number of halogens is 1. The maximum Gasteiger partial charge on any atom is 0.144 e. The summed E-state index contributed by atoms with van der Waals surface area (Å²) in [6.45, 7) is 7.07. The summed E-state index contributed by atoms with van der Waals surface area (Å²) in [7, 11) is 1.63. The van der Waals surface area contributed by atoms with Gasteiger partial charge in [0.05, 0.1) is 5.71 Å². The molecule has 0 unspecified atom stereocenters. The van der Waals surface area contributed by atoms with Crippen LogP contribution in [0.25, 0.3) is 0 Å². The fraction of sp³-hybridized carbons (Fsp3) is 0.455. The molecule has 0 rings (SSSR count). The zero-order chi connectivity index (χ0) is 11.1. The second-order valence-corrected chi connectivity index (χ2v) is 2.99. The molecule has 0 aliphatic carbocycles. The van der Waals surface area contributed by atoms with Crippen molar-refractivity contribution in [1.82, 2.24) is 0 Å². The Hall–Kier alpha value is -1.25. The Morgan fingerprint density at radius 1 is 1.21 bits per heavy atom. The quantitative estimate of drug-likeness (QED) is 0.368. The Kier molecular flexibility index (Phi) is 5.68. The summed E-state index contributed by atoms with van der Waals surface area (Å²) in [6, 6.07) is 0. The van der Waals surface area contributed by atoms with Crippen molar-refractivity contribution >= 4 is 11.5 Å². The lowest BCUT2D eigenvalue weighted by molar-refractivity contribution is 0.679. The monoisotopic (exact) mass is 196 g/mol. The molecule has 0 heterocycles. The van der Waals surface area contributed by atoms with E-state index < -0.39 is 0 Å². The van der Waals surface area contributed by atoms with Crippen molar-refractivity contribution in [2.45, 2.75) is 27.7 Å². The highest BCUT2D eigenvalue weighted by molar-refractivity contribution is 6.04. The minimum atomic E-state index is -0.316. The molecule has 2 nitrogen and oxygen atoms in total. The fourth-order valence-corrected chi connectivity index (χ4v) is 0.734. The van der Waals surface area contributed by atoms with E-state index in [-0.39, 0.29) is 5.83 Å². The Balaban J connectivity index is 4.79. The van der Waals surface area contributed by atoms with E-state index >= 15 is 0 Å². The van der Waals surface area contributed by atoms with Crippen LogP contribution in [0.2, 0.25) is 0 Å². The molecule has 0 spiro atoms. The van der Waals surface area contributed by atoms with Crippen molar-refractivity contribution < 1.29 is 4.39 Å². The summed E-state index contributed by atoms with van der Waals surface area (Å²) in [5.74, 6) is 0.257. The van der Waals surface area contributed by atoms with Crippen molar-refractivity contribution in [3.8, 4) is 0 Å². The van der Waals surface area contributed by atoms with Crippen molar-refractivity contribution in [3.05, 3.63) is 23.6 Å². The number of hydrogen-bond acceptors (Lipinski definition) is 1. The second-order valence-electron chi connectivity index (χ2n) is 2.99. The summed E-state index contributed by atoms with van der Waals surface area (Å²) in [6.07, 6.45) is 3.30. The number of rotatable bonds is 2. The molecule has 0 aliphatic rings. The van der Waals surface area contributed by atoms with Crippen LogP contribution in [-0.4, -0.2) is 18.6 Å². The second kappa shape index (κ2) is 6.24. The lowest BCUT2D eigenvalue weighted by Gasteiger charge is -1.97. The van der Waals surface area contributed by atoms with Gasteiger partial charge in [-0.2, -0.15) is 0 Å². The molecule has 0 N–H and O–H groups in total. The van der Waals surface area contributed by atoms with Crippen LogP contribution in [0.15, 0.2) is 33.5 Å². The van der Waals surface area contributed by atoms with Crippen LogP contribution in [0.4, 0.5) is 4.39 Å². The normalized spacial score (nSPS) is 16.1. The first-order chi connectivity index (χ1) is 6.51. The van der Waals surface area contributed by atoms with Gasteiger partial charge in [0.1, 0.15) is 11.7 Å². The first kappa shape index (κ1) is 12.8. The molecular formula is C11H17FN2. The van der Waals surface area contributed by atoms with Crippen LogP contribution in [0, 0.1) is 0 Å². The molecular weight excluding hydrogens is 179 g/mol. The Bertz CT molecular complexity index is 277. The lowest BCUT2D eigenvalue weighted by atomic mass is 10.2. The smallest absolute Gasteiger partial charge is 0.144 e. The van der Waals surface area contributed by atoms with Crippen molar-refractivity contribution in [2.24, 2.45) is 9.98 Å². The predicted molar refractivity (Wildman–Crippen MR) is 60.8 cm³/mol. The maximum atomic E-state index is 13.4. The van der Waals surface area contributed by atoms with Crippen molar-refractivity contribution in [3.63, 3.8) is 0 Å². The molecule has 0 saturated carbocycles. The number of aliphatic imine (C=N–C) groups is 2. The molecule has 0 fully saturated rings. The average molecular weight is 196 g/mol. The van der Waals surface area contributed by atoms with Gasteiger partial charge in [0, 0.05) is 7.05 Å². The van der Waals surface area contributed by atoms with Gasteiger partial charge in [-0.15, -0.1) is 0 Å². The van der Waals surface area contributed by atoms with Crippen LogP contribution in [0.3, 0.4) is 0 Å². The van der Waals surface area contributed by atoms with Gasteiger partial charge in [-0.05, 0) is 33.8 Å². The molecule has 0 atom stereocenters. The molecule has 0 saturated heterocycles. The van der Waals surface area contributed by atoms with Gasteiger partial charge in [0.15, 0.2) is 0 Å². The van der Waals surface area contributed by atoms with Crippen LogP contribution in [0.5, 0.6) is 0 Å². The average Bonchev–Trinajstić information content (AvgIpc) is 2.17. The Morgan fingerprint density at radius 3 is 2.21 bits per heavy atom. The minimum Gasteiger partial charge on any atom is -0.274 e. The van der Waals surface area contributed by atoms with Gasteiger partial charge >= 0.3 is 0 Å². The number of nitrogens with zero attached hydrogens (tertiary/aromatic N) is 2. The third kappa shape index (κ3) is 4.70. The number of allylic oxidation sites excluding steroid dienone is 4. The van der Waals surface area contributed by atoms with E-state index in [1.54, 1.807) is 20.9 Å². The molecule has 3 heteroatoms. The van der Waals surface area contributed by atoms with Crippen LogP contribution in [-0.2, 0) is 0 Å². The van der Waals surface area contributed by atoms with Gasteiger partial charge < -0.3 is 0 Å². The Morgan fingerprint density at radius 2 is 1.79 bits per heavy atom. The molecule has 14 heavy (non-hydrogen) atoms. The Labute approximate surface area is 85.0 Å². The standard InChI is InChI=1S/C11H17FN2/c1-6-8(2)7-11(12)9(3)14-10(4)13-5/h6-7H,1-5H3/b8-6-,11-7+,13-10-,14-9+. The SMILES string of the molecule is C\C=C(C)/C=C(F)\C(C)=N\C(C)=N/C. The third-order valence-electron chi connectivity index (χ3n) is 1.81. The molecule has 0 aromatic heterocycles. The first-order valence-electron chi connectivity index (χ1n) is 4.50. The molecule has 0 aliphatic heterocycles. The molecule has 78 valence electrons. The van der Waals surface area contributed by atoms with Crippen LogP contribution in [0.1, 0.15) is 27.7 Å². The van der Waals surface area contributed by atoms with E-state index in [4.69, 9.17) is 0 Å². The summed E-state index contributed by atoms with van der Waals surface area (Å²) in [4.78, 5) is 7.81. The third-order valence-corrected chi connectivity index (χ3v) is 1.81. The zero-order valence-electron chi connectivity index (χ0n) is 9.43. The summed E-state index contributed by atoms with van der Waals surface area (Å²) < 4.78 is 13.4. The van der Waals surface area contributed by atoms with Gasteiger partial charge in [0.2, 0.25) is 0 Å². The summed E-state index contributed by atoms with van der Waals surface area (Å²) >= 11 is 0. The van der Waals surface area contributed by atoms with E-state index in [2.05, 4.69) is 9.98 Å². The highest BCUT2D eigenvalue weighted by Gasteiger charge is 2.00. The molecule has 0 bridgehead atoms. The van der Waals surface area contributed by atoms with E-state index in [0.29, 0.717) is 11.5 Å². The molecule has 0 aromatic carbocycles. The fourth-order valence-electron chi connectivity index (χ4n) is 0.734. The maximum absolute atomic E-state index is 13.4. The minimum absolute atomic E-state index is 0.316. The molecule has 0 aromatic rings. The van der Waals surface area contributed by atoms with Crippen LogP contribution >= 0.6 is 0 Å². The summed E-state index contributed by atoms with van der Waals surface area (Å²) in [5.41, 5.74) is 1.23. The first-order valence-corrected chi connectivity index (χ1v) is 4.50. The van der Waals surface area contributed by atoms with Gasteiger partial charge in [-0.1, -0.05) is 11.6 Å². The molecule has 0 amide bonds. The largest absolute Gasteiger partial charge is 0.274 e. The summed E-state index contributed by atoms with van der Waals surface area (Å²) in [5, 5.41) is 0. The lowest BCUT2D eigenvalue weighted by Crippen LogP contribution is -1.97. The zero-order valence-corrected chi connectivity index (χ0v) is 9.43. The highest BCUT2D eigenvalue weighted by atomic mass is 19.1. The van der Waals surface area contributed by atoms with Gasteiger partial charge in [0.25, 0.3) is 0 Å². The number of hydrogen-bond donors (Lipinski definition) is 0. The molecule has 0 radical (unpaired) electrons.